The molecular weight excluding hydrogens is 597 g/mol. The summed E-state index contributed by atoms with van der Waals surface area (Å²) in [7, 11) is 0. The number of nitrogens with zero attached hydrogens (tertiary/aromatic N) is 4. The van der Waals surface area contributed by atoms with Crippen molar-refractivity contribution in [1.82, 2.24) is 19.5 Å². The zero-order chi connectivity index (χ0) is 43.9. The lowest BCUT2D eigenvalue weighted by Crippen LogP contribution is -2.01. The van der Waals surface area contributed by atoms with Crippen LogP contribution in [0, 0.1) is 0 Å². The first-order chi connectivity index (χ1) is 29.7. The summed E-state index contributed by atoms with van der Waals surface area (Å²) < 4.78 is 113. The molecule has 230 valence electrons. The summed E-state index contributed by atoms with van der Waals surface area (Å²) >= 11 is 0. The van der Waals surface area contributed by atoms with Crippen molar-refractivity contribution in [1.29, 1.82) is 0 Å². The van der Waals surface area contributed by atoms with E-state index in [1.165, 1.54) is 4.57 Å². The molecule has 0 bridgehead atoms. The maximum absolute atomic E-state index is 9.13. The normalized spacial score (nSPS) is 15.0. The molecule has 2 heterocycles. The lowest BCUT2D eigenvalue weighted by atomic mass is 9.98. The molecule has 7 aromatic carbocycles. The number of hydrogen-bond acceptors (Lipinski definition) is 3. The number of aromatic nitrogens is 4. The Kier molecular flexibility index (Phi) is 4.48. The zero-order valence-electron chi connectivity index (χ0n) is 38.6. The zero-order valence-corrected chi connectivity index (χ0v) is 25.6. The molecular formula is C45H30N4. The van der Waals surface area contributed by atoms with Crippen LogP contribution in [0.25, 0.3) is 83.9 Å². The summed E-state index contributed by atoms with van der Waals surface area (Å²) in [6.07, 6.45) is 0. The molecule has 0 amide bonds. The molecule has 0 saturated carbocycles. The second-order valence-electron chi connectivity index (χ2n) is 11.2. The molecule has 49 heavy (non-hydrogen) atoms. The van der Waals surface area contributed by atoms with E-state index in [-0.39, 0.29) is 51.0 Å². The van der Waals surface area contributed by atoms with Gasteiger partial charge in [0, 0.05) is 33.2 Å². The monoisotopic (exact) mass is 639 g/mol. The first-order valence-electron chi connectivity index (χ1n) is 21.9. The Labute approximate surface area is 302 Å². The van der Waals surface area contributed by atoms with Gasteiger partial charge in [0.25, 0.3) is 0 Å². The second kappa shape index (κ2) is 12.2. The maximum atomic E-state index is 9.13. The lowest BCUT2D eigenvalue weighted by Gasteiger charge is -2.14. The van der Waals surface area contributed by atoms with E-state index in [1.54, 1.807) is 42.5 Å². The fraction of sp³-hybridized carbons (Fsp3) is 0. The quantitative estimate of drug-likeness (QED) is 0.182. The van der Waals surface area contributed by atoms with Gasteiger partial charge in [-0.25, -0.2) is 15.0 Å². The molecule has 0 N–H and O–H groups in total. The van der Waals surface area contributed by atoms with E-state index < -0.39 is 66.5 Å². The van der Waals surface area contributed by atoms with E-state index >= 15 is 0 Å². The van der Waals surface area contributed by atoms with Crippen LogP contribution >= 0.6 is 0 Å². The van der Waals surface area contributed by atoms with Crippen molar-refractivity contribution in [3.8, 4) is 62.1 Å². The molecule has 0 radical (unpaired) electrons. The first kappa shape index (κ1) is 18.0. The Morgan fingerprint density at radius 1 is 0.367 bits per heavy atom. The summed E-state index contributed by atoms with van der Waals surface area (Å²) in [5.74, 6) is 0.954. The smallest absolute Gasteiger partial charge is 0.164 e. The van der Waals surface area contributed by atoms with E-state index in [9.17, 15) is 0 Å². The molecule has 0 aliphatic rings. The minimum atomic E-state index is -0.560. The molecule has 0 spiro atoms. The number of rotatable bonds is 6. The molecule has 9 aromatic rings. The standard InChI is InChI=1S/C45H30N4/c1-4-14-31(15-5-1)32-24-26-33(27-25-32)36-28-37(30-38(29-36)49-41-22-12-10-20-39(41)40-21-11-13-23-42(40)49)45-47-43(34-16-6-2-7-17-34)46-44(48-45)35-18-8-3-9-19-35/h1-30H/i1D,4D,5D,10D,11D,12D,13D,14D,15D,20D,21D,22D,23D. The first-order valence-corrected chi connectivity index (χ1v) is 15.4. The Balaban J connectivity index is 1.37. The SMILES string of the molecule is [2H]c1c([2H])c([2H])c(-c2ccc(-c3cc(-c4nc(-c5ccccc5)nc(-c5ccccc5)n4)cc(-n4c5c([2H])c([2H])c([2H])c([2H])c5c5c([2H])c([2H])c([2H])c([2H])c54)c3)cc2)c([2H])c1[2H]. The third-order valence-corrected chi connectivity index (χ3v) is 8.17. The van der Waals surface area contributed by atoms with Crippen molar-refractivity contribution in [2.75, 3.05) is 0 Å². The summed E-state index contributed by atoms with van der Waals surface area (Å²) in [6, 6.07) is 24.3. The van der Waals surface area contributed by atoms with Gasteiger partial charge in [-0.15, -0.1) is 0 Å². The minimum absolute atomic E-state index is 0.0256. The summed E-state index contributed by atoms with van der Waals surface area (Å²) in [6.45, 7) is 0. The van der Waals surface area contributed by atoms with E-state index in [2.05, 4.69) is 0 Å². The minimum Gasteiger partial charge on any atom is -0.309 e. The fourth-order valence-corrected chi connectivity index (χ4v) is 5.88. The van der Waals surface area contributed by atoms with Gasteiger partial charge in [0.15, 0.2) is 17.5 Å². The average molecular weight is 640 g/mol. The van der Waals surface area contributed by atoms with Crippen molar-refractivity contribution in [3.63, 3.8) is 0 Å². The number of hydrogen-bond donors (Lipinski definition) is 0. The van der Waals surface area contributed by atoms with E-state index in [1.807, 2.05) is 60.7 Å². The van der Waals surface area contributed by atoms with Crippen molar-refractivity contribution in [2.24, 2.45) is 0 Å². The third-order valence-electron chi connectivity index (χ3n) is 8.17. The molecule has 0 unspecified atom stereocenters. The van der Waals surface area contributed by atoms with Crippen molar-refractivity contribution < 1.29 is 17.8 Å². The molecule has 0 atom stereocenters. The van der Waals surface area contributed by atoms with Gasteiger partial charge < -0.3 is 4.57 Å². The molecule has 0 fully saturated rings. The number of benzene rings is 7. The van der Waals surface area contributed by atoms with Crippen LogP contribution in [-0.4, -0.2) is 19.5 Å². The lowest BCUT2D eigenvalue weighted by molar-refractivity contribution is 1.07. The molecule has 2 aromatic heterocycles. The molecule has 0 aliphatic carbocycles. The van der Waals surface area contributed by atoms with E-state index in [4.69, 9.17) is 32.8 Å². The average Bonchev–Trinajstić information content (AvgIpc) is 3.67. The fourth-order valence-electron chi connectivity index (χ4n) is 5.88. The van der Waals surface area contributed by atoms with Gasteiger partial charge >= 0.3 is 0 Å². The highest BCUT2D eigenvalue weighted by Gasteiger charge is 2.17. The Hall–Kier alpha value is -6.65. The van der Waals surface area contributed by atoms with Crippen molar-refractivity contribution in [2.45, 2.75) is 0 Å². The van der Waals surface area contributed by atoms with Gasteiger partial charge in [-0.05, 0) is 52.5 Å². The molecule has 4 nitrogen and oxygen atoms in total. The van der Waals surface area contributed by atoms with Gasteiger partial charge in [0.2, 0.25) is 0 Å². The Morgan fingerprint density at radius 3 is 1.37 bits per heavy atom. The van der Waals surface area contributed by atoms with Crippen molar-refractivity contribution in [3.05, 3.63) is 182 Å². The molecule has 0 aliphatic heterocycles. The molecule has 4 heteroatoms. The van der Waals surface area contributed by atoms with E-state index in [0.717, 1.165) is 0 Å². The maximum Gasteiger partial charge on any atom is 0.164 e. The predicted molar refractivity (Wildman–Crippen MR) is 201 cm³/mol. The Bertz CT molecular complexity index is 3160. The van der Waals surface area contributed by atoms with Gasteiger partial charge in [-0.2, -0.15) is 0 Å². The van der Waals surface area contributed by atoms with Crippen LogP contribution in [0.4, 0.5) is 0 Å². The topological polar surface area (TPSA) is 43.6 Å². The number of para-hydroxylation sites is 2. The third kappa shape index (κ3) is 5.35. The predicted octanol–water partition coefficient (Wildman–Crippen LogP) is 11.3. The largest absolute Gasteiger partial charge is 0.309 e. The Morgan fingerprint density at radius 2 is 0.816 bits per heavy atom. The number of fused-ring (bicyclic) bond motifs is 3. The highest BCUT2D eigenvalue weighted by atomic mass is 15.0. The van der Waals surface area contributed by atoms with Crippen LogP contribution in [0.5, 0.6) is 0 Å². The highest BCUT2D eigenvalue weighted by molar-refractivity contribution is 6.09. The summed E-state index contributed by atoms with van der Waals surface area (Å²) in [5.41, 5.74) is 3.45. The van der Waals surface area contributed by atoms with Crippen LogP contribution in [-0.2, 0) is 0 Å². The van der Waals surface area contributed by atoms with Crippen LogP contribution in [0.3, 0.4) is 0 Å². The second-order valence-corrected chi connectivity index (χ2v) is 11.2. The van der Waals surface area contributed by atoms with Crippen LogP contribution in [0.15, 0.2) is 182 Å². The van der Waals surface area contributed by atoms with Gasteiger partial charge in [-0.1, -0.05) is 151 Å². The van der Waals surface area contributed by atoms with Gasteiger partial charge in [-0.3, -0.25) is 0 Å². The van der Waals surface area contributed by atoms with Gasteiger partial charge in [0.1, 0.15) is 0 Å². The van der Waals surface area contributed by atoms with Crippen LogP contribution < -0.4 is 0 Å². The molecule has 0 saturated heterocycles. The van der Waals surface area contributed by atoms with E-state index in [0.29, 0.717) is 45.0 Å². The van der Waals surface area contributed by atoms with Crippen LogP contribution in [0.2, 0.25) is 0 Å². The van der Waals surface area contributed by atoms with Crippen LogP contribution in [0.1, 0.15) is 17.8 Å². The van der Waals surface area contributed by atoms with Gasteiger partial charge in [0.05, 0.1) is 28.9 Å². The highest BCUT2D eigenvalue weighted by Crippen LogP contribution is 2.36. The summed E-state index contributed by atoms with van der Waals surface area (Å²) in [5, 5.41) is -0.156. The van der Waals surface area contributed by atoms with Crippen molar-refractivity contribution >= 4 is 21.8 Å². The summed E-state index contributed by atoms with van der Waals surface area (Å²) in [4.78, 5) is 14.7. The molecule has 9 rings (SSSR count).